The number of nitrogens with one attached hydrogen (secondary N) is 1. The maximum atomic E-state index is 12.5. The molecule has 110 valence electrons. The highest BCUT2D eigenvalue weighted by molar-refractivity contribution is 7.89. The predicted octanol–water partition coefficient (Wildman–Crippen LogP) is 0.362. The van der Waals surface area contributed by atoms with Crippen LogP contribution in [0.5, 0.6) is 0 Å². The molecule has 1 fully saturated rings. The van der Waals surface area contributed by atoms with E-state index in [4.69, 9.17) is 0 Å². The fourth-order valence-corrected chi connectivity index (χ4v) is 3.64. The van der Waals surface area contributed by atoms with Crippen molar-refractivity contribution >= 4 is 15.7 Å². The molecule has 1 aromatic heterocycles. The molecule has 1 aliphatic heterocycles. The number of hydrogen-bond donors (Lipinski definition) is 1. The normalized spacial score (nSPS) is 20.0. The van der Waals surface area contributed by atoms with Gasteiger partial charge in [-0.3, -0.25) is 10.1 Å². The maximum Gasteiger partial charge on any atom is 0.308 e. The highest BCUT2D eigenvalue weighted by atomic mass is 32.2. The van der Waals surface area contributed by atoms with Crippen LogP contribution in [0.3, 0.4) is 0 Å². The van der Waals surface area contributed by atoms with Crippen LogP contribution in [0, 0.1) is 10.1 Å². The highest BCUT2D eigenvalue weighted by Gasteiger charge is 2.35. The van der Waals surface area contributed by atoms with Crippen LogP contribution in [0.25, 0.3) is 0 Å². The molecule has 0 bridgehead atoms. The highest BCUT2D eigenvalue weighted by Crippen LogP contribution is 2.25. The van der Waals surface area contributed by atoms with Crippen LogP contribution in [-0.2, 0) is 10.0 Å². The summed E-state index contributed by atoms with van der Waals surface area (Å²) in [5.41, 5.74) is -0.497. The molecule has 8 nitrogen and oxygen atoms in total. The van der Waals surface area contributed by atoms with Crippen molar-refractivity contribution < 1.29 is 13.3 Å². The molecule has 0 spiro atoms. The van der Waals surface area contributed by atoms with Crippen molar-refractivity contribution in [2.75, 3.05) is 20.1 Å². The standard InChI is InChI=1S/C11H16N4O4S/c1-14(9-4-2-6-12-8-9)20(18,19)11-10(15(16)17)5-3-7-13-11/h3,5,7,9,12H,2,4,6,8H2,1H3. The molecule has 0 radical (unpaired) electrons. The van der Waals surface area contributed by atoms with Gasteiger partial charge in [0.05, 0.1) is 4.92 Å². The van der Waals surface area contributed by atoms with Gasteiger partial charge in [0.15, 0.2) is 0 Å². The Morgan fingerprint density at radius 3 is 2.90 bits per heavy atom. The third-order valence-electron chi connectivity index (χ3n) is 3.36. The van der Waals surface area contributed by atoms with E-state index in [1.54, 1.807) is 0 Å². The Bertz CT molecular complexity index is 598. The zero-order valence-corrected chi connectivity index (χ0v) is 11.8. The fraction of sp³-hybridized carbons (Fsp3) is 0.545. The second-order valence-electron chi connectivity index (χ2n) is 4.61. The molecule has 1 unspecified atom stereocenters. The van der Waals surface area contributed by atoms with Gasteiger partial charge in [0.2, 0.25) is 5.03 Å². The number of nitro groups is 1. The van der Waals surface area contributed by atoms with Crippen LogP contribution in [0.1, 0.15) is 12.8 Å². The van der Waals surface area contributed by atoms with Gasteiger partial charge in [-0.25, -0.2) is 13.4 Å². The van der Waals surface area contributed by atoms with E-state index in [1.807, 2.05) is 0 Å². The SMILES string of the molecule is CN(C1CCCNC1)S(=O)(=O)c1ncccc1[N+](=O)[O-]. The maximum absolute atomic E-state index is 12.5. The summed E-state index contributed by atoms with van der Waals surface area (Å²) in [6.07, 6.45) is 2.84. The molecule has 1 atom stereocenters. The lowest BCUT2D eigenvalue weighted by molar-refractivity contribution is -0.388. The molecule has 1 aliphatic rings. The summed E-state index contributed by atoms with van der Waals surface area (Å²) in [5.74, 6) is 0. The van der Waals surface area contributed by atoms with Gasteiger partial charge in [-0.2, -0.15) is 4.31 Å². The predicted molar refractivity (Wildman–Crippen MR) is 71.7 cm³/mol. The Hall–Kier alpha value is -1.58. The van der Waals surface area contributed by atoms with Crippen molar-refractivity contribution in [1.82, 2.24) is 14.6 Å². The van der Waals surface area contributed by atoms with E-state index in [0.29, 0.717) is 6.54 Å². The van der Waals surface area contributed by atoms with Crippen LogP contribution in [-0.4, -0.2) is 48.8 Å². The molecule has 0 aromatic carbocycles. The van der Waals surface area contributed by atoms with E-state index < -0.39 is 25.7 Å². The average Bonchev–Trinajstić information content (AvgIpc) is 2.47. The van der Waals surface area contributed by atoms with E-state index in [9.17, 15) is 18.5 Å². The minimum Gasteiger partial charge on any atom is -0.315 e. The molecule has 0 saturated carbocycles. The van der Waals surface area contributed by atoms with Crippen LogP contribution < -0.4 is 5.32 Å². The van der Waals surface area contributed by atoms with Crippen molar-refractivity contribution in [2.45, 2.75) is 23.9 Å². The number of sulfonamides is 1. The molecular formula is C11H16N4O4S. The van der Waals surface area contributed by atoms with Crippen molar-refractivity contribution in [3.8, 4) is 0 Å². The first-order chi connectivity index (χ1) is 9.44. The molecule has 1 N–H and O–H groups in total. The lowest BCUT2D eigenvalue weighted by Gasteiger charge is -2.30. The fourth-order valence-electron chi connectivity index (χ4n) is 2.20. The Morgan fingerprint density at radius 2 is 2.30 bits per heavy atom. The minimum atomic E-state index is -3.97. The first-order valence-corrected chi connectivity index (χ1v) is 7.67. The van der Waals surface area contributed by atoms with Crippen molar-refractivity contribution in [2.24, 2.45) is 0 Å². The average molecular weight is 300 g/mol. The quantitative estimate of drug-likeness (QED) is 0.636. The van der Waals surface area contributed by atoms with Gasteiger partial charge in [0.1, 0.15) is 0 Å². The number of hydrogen-bond acceptors (Lipinski definition) is 6. The van der Waals surface area contributed by atoms with Crippen LogP contribution in [0.15, 0.2) is 23.4 Å². The number of rotatable bonds is 4. The monoisotopic (exact) mass is 300 g/mol. The van der Waals surface area contributed by atoms with Gasteiger partial charge >= 0.3 is 5.69 Å². The summed E-state index contributed by atoms with van der Waals surface area (Å²) in [4.78, 5) is 13.9. The van der Waals surface area contributed by atoms with E-state index in [-0.39, 0.29) is 6.04 Å². The molecule has 20 heavy (non-hydrogen) atoms. The summed E-state index contributed by atoms with van der Waals surface area (Å²) in [5, 5.41) is 13.6. The largest absolute Gasteiger partial charge is 0.315 e. The Morgan fingerprint density at radius 1 is 1.55 bits per heavy atom. The molecule has 9 heteroatoms. The first-order valence-electron chi connectivity index (χ1n) is 6.22. The van der Waals surface area contributed by atoms with Crippen molar-refractivity contribution in [3.63, 3.8) is 0 Å². The molecule has 0 amide bonds. The zero-order valence-electron chi connectivity index (χ0n) is 11.0. The van der Waals surface area contributed by atoms with Gasteiger partial charge in [0.25, 0.3) is 10.0 Å². The summed E-state index contributed by atoms with van der Waals surface area (Å²) >= 11 is 0. The van der Waals surface area contributed by atoms with E-state index in [2.05, 4.69) is 10.3 Å². The summed E-state index contributed by atoms with van der Waals surface area (Å²) in [7, 11) is -2.54. The molecule has 2 rings (SSSR count). The van der Waals surface area contributed by atoms with Gasteiger partial charge in [-0.1, -0.05) is 0 Å². The summed E-state index contributed by atoms with van der Waals surface area (Å²) in [6.45, 7) is 1.39. The van der Waals surface area contributed by atoms with Gasteiger partial charge < -0.3 is 5.32 Å². The van der Waals surface area contributed by atoms with Crippen LogP contribution in [0.4, 0.5) is 5.69 Å². The van der Waals surface area contributed by atoms with Gasteiger partial charge in [-0.15, -0.1) is 0 Å². The lowest BCUT2D eigenvalue weighted by atomic mass is 10.1. The van der Waals surface area contributed by atoms with Crippen molar-refractivity contribution in [3.05, 3.63) is 28.4 Å². The number of aromatic nitrogens is 1. The van der Waals surface area contributed by atoms with Crippen molar-refractivity contribution in [1.29, 1.82) is 0 Å². The number of likely N-dealkylation sites (N-methyl/N-ethyl adjacent to an activating group) is 1. The second-order valence-corrected chi connectivity index (χ2v) is 6.52. The molecule has 1 saturated heterocycles. The number of piperidine rings is 1. The number of nitrogens with zero attached hydrogens (tertiary/aromatic N) is 3. The second kappa shape index (κ2) is 5.81. The smallest absolute Gasteiger partial charge is 0.308 e. The van der Waals surface area contributed by atoms with E-state index in [0.717, 1.165) is 25.5 Å². The lowest BCUT2D eigenvalue weighted by Crippen LogP contribution is -2.46. The van der Waals surface area contributed by atoms with Crippen LogP contribution >= 0.6 is 0 Å². The summed E-state index contributed by atoms with van der Waals surface area (Å²) in [6, 6.07) is 2.28. The number of pyridine rings is 1. The van der Waals surface area contributed by atoms with E-state index in [1.165, 1.54) is 23.6 Å². The molecular weight excluding hydrogens is 284 g/mol. The topological polar surface area (TPSA) is 105 Å². The molecule has 2 heterocycles. The van der Waals surface area contributed by atoms with Gasteiger partial charge in [0, 0.05) is 31.9 Å². The van der Waals surface area contributed by atoms with Gasteiger partial charge in [-0.05, 0) is 25.5 Å². The van der Waals surface area contributed by atoms with Crippen LogP contribution in [0.2, 0.25) is 0 Å². The molecule has 1 aromatic rings. The zero-order chi connectivity index (χ0) is 14.8. The Balaban J connectivity index is 2.37. The minimum absolute atomic E-state index is 0.213. The van der Waals surface area contributed by atoms with E-state index >= 15 is 0 Å². The third-order valence-corrected chi connectivity index (χ3v) is 5.22. The molecule has 0 aliphatic carbocycles. The Labute approximate surface area is 117 Å². The third kappa shape index (κ3) is 2.79. The summed E-state index contributed by atoms with van der Waals surface area (Å²) < 4.78 is 26.2. The first kappa shape index (κ1) is 14.8. The Kier molecular flexibility index (Phi) is 4.31.